The van der Waals surface area contributed by atoms with E-state index >= 15 is 0 Å². The standard InChI is InChI=1S/C15H21BrO2/c1-3-4-5-6-12(2)18-15(17)14-9-7-13(11-16)8-10-14/h7-10,12H,3-6,11H2,1-2H3. The Bertz CT molecular complexity index is 359. The van der Waals surface area contributed by atoms with E-state index in [1.54, 1.807) is 0 Å². The first-order valence-corrected chi connectivity index (χ1v) is 7.65. The molecule has 0 heterocycles. The van der Waals surface area contributed by atoms with E-state index in [9.17, 15) is 4.79 Å². The maximum atomic E-state index is 11.9. The average Bonchev–Trinajstić information content (AvgIpc) is 2.39. The normalized spacial score (nSPS) is 12.2. The van der Waals surface area contributed by atoms with Crippen LogP contribution in [-0.4, -0.2) is 12.1 Å². The van der Waals surface area contributed by atoms with Gasteiger partial charge in [-0.25, -0.2) is 4.79 Å². The molecule has 1 aromatic carbocycles. The molecular weight excluding hydrogens is 292 g/mol. The van der Waals surface area contributed by atoms with Crippen molar-refractivity contribution in [3.8, 4) is 0 Å². The van der Waals surface area contributed by atoms with Gasteiger partial charge in [0.05, 0.1) is 11.7 Å². The third kappa shape index (κ3) is 5.21. The second-order valence-electron chi connectivity index (χ2n) is 4.54. The lowest BCUT2D eigenvalue weighted by molar-refractivity contribution is 0.0319. The van der Waals surface area contributed by atoms with Gasteiger partial charge in [-0.3, -0.25) is 0 Å². The summed E-state index contributed by atoms with van der Waals surface area (Å²) in [6.45, 7) is 4.13. The zero-order valence-electron chi connectivity index (χ0n) is 11.1. The molecule has 0 aliphatic heterocycles. The number of hydrogen-bond donors (Lipinski definition) is 0. The molecule has 0 amide bonds. The summed E-state index contributed by atoms with van der Waals surface area (Å²) >= 11 is 3.38. The van der Waals surface area contributed by atoms with Gasteiger partial charge in [0.2, 0.25) is 0 Å². The highest BCUT2D eigenvalue weighted by atomic mass is 79.9. The van der Waals surface area contributed by atoms with Crippen molar-refractivity contribution in [2.75, 3.05) is 0 Å². The summed E-state index contributed by atoms with van der Waals surface area (Å²) in [6.07, 6.45) is 4.45. The molecule has 1 unspecified atom stereocenters. The van der Waals surface area contributed by atoms with E-state index in [1.807, 2.05) is 31.2 Å². The topological polar surface area (TPSA) is 26.3 Å². The van der Waals surface area contributed by atoms with E-state index < -0.39 is 0 Å². The van der Waals surface area contributed by atoms with E-state index in [1.165, 1.54) is 12.8 Å². The van der Waals surface area contributed by atoms with Gasteiger partial charge in [-0.15, -0.1) is 0 Å². The Kier molecular flexibility index (Phi) is 7.02. The highest BCUT2D eigenvalue weighted by Crippen LogP contribution is 2.12. The Morgan fingerprint density at radius 2 is 1.94 bits per heavy atom. The van der Waals surface area contributed by atoms with Gasteiger partial charge in [0, 0.05) is 5.33 Å². The summed E-state index contributed by atoms with van der Waals surface area (Å²) in [5.74, 6) is -0.222. The Labute approximate surface area is 118 Å². The summed E-state index contributed by atoms with van der Waals surface area (Å²) < 4.78 is 5.41. The van der Waals surface area contributed by atoms with Crippen LogP contribution in [-0.2, 0) is 10.1 Å². The van der Waals surface area contributed by atoms with Crippen molar-refractivity contribution in [2.45, 2.75) is 51.0 Å². The first-order valence-electron chi connectivity index (χ1n) is 6.53. The molecule has 0 bridgehead atoms. The van der Waals surface area contributed by atoms with Gasteiger partial charge in [-0.05, 0) is 37.5 Å². The fraction of sp³-hybridized carbons (Fsp3) is 0.533. The second-order valence-corrected chi connectivity index (χ2v) is 5.10. The number of carbonyl (C=O) groups is 1. The number of hydrogen-bond acceptors (Lipinski definition) is 2. The van der Waals surface area contributed by atoms with Gasteiger partial charge < -0.3 is 4.74 Å². The first-order chi connectivity index (χ1) is 8.67. The quantitative estimate of drug-likeness (QED) is 0.414. The average molecular weight is 313 g/mol. The molecule has 0 saturated carbocycles. The lowest BCUT2D eigenvalue weighted by Crippen LogP contribution is -2.15. The molecule has 0 aliphatic rings. The number of esters is 1. The van der Waals surface area contributed by atoms with Gasteiger partial charge >= 0.3 is 5.97 Å². The summed E-state index contributed by atoms with van der Waals surface area (Å²) in [5.41, 5.74) is 1.78. The zero-order chi connectivity index (χ0) is 13.4. The smallest absolute Gasteiger partial charge is 0.338 e. The fourth-order valence-electron chi connectivity index (χ4n) is 1.72. The second kappa shape index (κ2) is 8.30. The lowest BCUT2D eigenvalue weighted by Gasteiger charge is -2.13. The minimum Gasteiger partial charge on any atom is -0.459 e. The van der Waals surface area contributed by atoms with Crippen molar-refractivity contribution in [3.63, 3.8) is 0 Å². The van der Waals surface area contributed by atoms with Crippen LogP contribution in [0.25, 0.3) is 0 Å². The van der Waals surface area contributed by atoms with E-state index in [0.29, 0.717) is 5.56 Å². The van der Waals surface area contributed by atoms with E-state index in [2.05, 4.69) is 22.9 Å². The summed E-state index contributed by atoms with van der Waals surface area (Å²) in [5, 5.41) is 0.801. The zero-order valence-corrected chi connectivity index (χ0v) is 12.7. The van der Waals surface area contributed by atoms with Crippen LogP contribution in [0, 0.1) is 0 Å². The molecule has 100 valence electrons. The van der Waals surface area contributed by atoms with Gasteiger partial charge in [-0.2, -0.15) is 0 Å². The van der Waals surface area contributed by atoms with Crippen molar-refractivity contribution in [3.05, 3.63) is 35.4 Å². The van der Waals surface area contributed by atoms with E-state index in [-0.39, 0.29) is 12.1 Å². The molecule has 0 saturated heterocycles. The Balaban J connectivity index is 2.43. The third-order valence-corrected chi connectivity index (χ3v) is 3.51. The number of rotatable bonds is 7. The number of alkyl halides is 1. The van der Waals surface area contributed by atoms with Crippen LogP contribution in [0.4, 0.5) is 0 Å². The van der Waals surface area contributed by atoms with Crippen LogP contribution in [0.2, 0.25) is 0 Å². The molecule has 0 fully saturated rings. The predicted octanol–water partition coefficient (Wildman–Crippen LogP) is 4.71. The monoisotopic (exact) mass is 312 g/mol. The predicted molar refractivity (Wildman–Crippen MR) is 78.1 cm³/mol. The van der Waals surface area contributed by atoms with Crippen LogP contribution >= 0.6 is 15.9 Å². The Morgan fingerprint density at radius 3 is 2.50 bits per heavy atom. The van der Waals surface area contributed by atoms with E-state index in [0.717, 1.165) is 23.7 Å². The molecule has 0 aliphatic carbocycles. The molecular formula is C15H21BrO2. The number of benzene rings is 1. The van der Waals surface area contributed by atoms with Crippen molar-refractivity contribution in [1.82, 2.24) is 0 Å². The fourth-order valence-corrected chi connectivity index (χ4v) is 2.10. The molecule has 0 aromatic heterocycles. The van der Waals surface area contributed by atoms with Crippen molar-refractivity contribution in [2.24, 2.45) is 0 Å². The number of carbonyl (C=O) groups excluding carboxylic acids is 1. The highest BCUT2D eigenvalue weighted by molar-refractivity contribution is 9.08. The Morgan fingerprint density at radius 1 is 1.28 bits per heavy atom. The van der Waals surface area contributed by atoms with Crippen molar-refractivity contribution in [1.29, 1.82) is 0 Å². The van der Waals surface area contributed by atoms with Crippen LogP contribution in [0.5, 0.6) is 0 Å². The van der Waals surface area contributed by atoms with Gasteiger partial charge in [0.15, 0.2) is 0 Å². The first kappa shape index (κ1) is 15.2. The number of unbranched alkanes of at least 4 members (excludes halogenated alkanes) is 2. The molecule has 3 heteroatoms. The maximum absolute atomic E-state index is 11.9. The van der Waals surface area contributed by atoms with Gasteiger partial charge in [0.1, 0.15) is 0 Å². The minimum absolute atomic E-state index is 0.0000910. The summed E-state index contributed by atoms with van der Waals surface area (Å²) in [6, 6.07) is 7.51. The van der Waals surface area contributed by atoms with Crippen LogP contribution in [0.1, 0.15) is 55.5 Å². The molecule has 18 heavy (non-hydrogen) atoms. The SMILES string of the molecule is CCCCCC(C)OC(=O)c1ccc(CBr)cc1. The third-order valence-electron chi connectivity index (χ3n) is 2.87. The summed E-state index contributed by atoms with van der Waals surface area (Å²) in [4.78, 5) is 11.9. The maximum Gasteiger partial charge on any atom is 0.338 e. The van der Waals surface area contributed by atoms with Crippen LogP contribution < -0.4 is 0 Å². The van der Waals surface area contributed by atoms with Crippen LogP contribution in [0.3, 0.4) is 0 Å². The van der Waals surface area contributed by atoms with Crippen molar-refractivity contribution >= 4 is 21.9 Å². The molecule has 1 atom stereocenters. The molecule has 0 radical (unpaired) electrons. The van der Waals surface area contributed by atoms with Crippen molar-refractivity contribution < 1.29 is 9.53 Å². The number of halogens is 1. The van der Waals surface area contributed by atoms with Crippen LogP contribution in [0.15, 0.2) is 24.3 Å². The largest absolute Gasteiger partial charge is 0.459 e. The minimum atomic E-state index is -0.222. The number of ether oxygens (including phenoxy) is 1. The molecule has 0 spiro atoms. The molecule has 2 nitrogen and oxygen atoms in total. The summed E-state index contributed by atoms with van der Waals surface area (Å²) in [7, 11) is 0. The van der Waals surface area contributed by atoms with E-state index in [4.69, 9.17) is 4.74 Å². The highest BCUT2D eigenvalue weighted by Gasteiger charge is 2.11. The van der Waals surface area contributed by atoms with Gasteiger partial charge in [0.25, 0.3) is 0 Å². The molecule has 0 N–H and O–H groups in total. The molecule has 1 aromatic rings. The molecule has 1 rings (SSSR count). The Hall–Kier alpha value is -0.830. The lowest BCUT2D eigenvalue weighted by atomic mass is 10.1. The van der Waals surface area contributed by atoms with Gasteiger partial charge in [-0.1, -0.05) is 47.8 Å².